The highest BCUT2D eigenvalue weighted by Gasteiger charge is 2.11. The molecule has 0 saturated carbocycles. The second-order valence-corrected chi connectivity index (χ2v) is 7.93. The second kappa shape index (κ2) is 9.71. The zero-order valence-electron chi connectivity index (χ0n) is 17.4. The molecule has 0 aliphatic carbocycles. The summed E-state index contributed by atoms with van der Waals surface area (Å²) in [6.07, 6.45) is 4.84. The third-order valence-electron chi connectivity index (χ3n) is 4.53. The first kappa shape index (κ1) is 21.8. The largest absolute Gasteiger partial charge is 0.489 e. The van der Waals surface area contributed by atoms with Gasteiger partial charge in [-0.05, 0) is 36.8 Å². The molecule has 0 unspecified atom stereocenters. The number of anilines is 1. The Morgan fingerprint density at radius 2 is 2.07 bits per heavy atom. The number of ether oxygens (including phenoxy) is 1. The summed E-state index contributed by atoms with van der Waals surface area (Å²) in [5.41, 5.74) is 2.25. The van der Waals surface area contributed by atoms with Gasteiger partial charge in [0.2, 0.25) is 0 Å². The van der Waals surface area contributed by atoms with Gasteiger partial charge in [-0.2, -0.15) is 9.78 Å². The lowest BCUT2D eigenvalue weighted by Crippen LogP contribution is -2.22. The molecule has 0 fully saturated rings. The van der Waals surface area contributed by atoms with Gasteiger partial charge in [-0.25, -0.2) is 4.98 Å². The fourth-order valence-electron chi connectivity index (χ4n) is 3.00. The summed E-state index contributed by atoms with van der Waals surface area (Å²) in [5, 5.41) is 5.02. The average Bonchev–Trinajstić information content (AvgIpc) is 2.73. The number of rotatable bonds is 8. The van der Waals surface area contributed by atoms with Crippen molar-refractivity contribution in [1.82, 2.24) is 9.66 Å². The van der Waals surface area contributed by atoms with E-state index in [0.29, 0.717) is 35.5 Å². The van der Waals surface area contributed by atoms with Gasteiger partial charge in [0.15, 0.2) is 0 Å². The number of hydrogen-bond donors (Lipinski definition) is 0. The first-order chi connectivity index (χ1) is 14.4. The molecule has 0 spiro atoms. The highest BCUT2D eigenvalue weighted by Crippen LogP contribution is 2.24. The Morgan fingerprint density at radius 1 is 1.27 bits per heavy atom. The second-order valence-electron chi connectivity index (χ2n) is 7.02. The van der Waals surface area contributed by atoms with Gasteiger partial charge in [0.05, 0.1) is 17.1 Å². The zero-order chi connectivity index (χ0) is 21.7. The fourth-order valence-corrected chi connectivity index (χ4v) is 3.36. The van der Waals surface area contributed by atoms with E-state index in [1.54, 1.807) is 18.4 Å². The molecular weight excluding hydrogens is 444 g/mol. The molecule has 0 amide bonds. The Bertz CT molecular complexity index is 1150. The molecule has 0 aliphatic rings. The molecule has 156 valence electrons. The van der Waals surface area contributed by atoms with Crippen molar-refractivity contribution in [3.8, 4) is 5.75 Å². The first-order valence-corrected chi connectivity index (χ1v) is 10.5. The monoisotopic (exact) mass is 468 g/mol. The van der Waals surface area contributed by atoms with Crippen molar-refractivity contribution >= 4 is 38.7 Å². The van der Waals surface area contributed by atoms with E-state index in [2.05, 4.69) is 32.6 Å². The minimum absolute atomic E-state index is 0.195. The van der Waals surface area contributed by atoms with Crippen LogP contribution in [-0.4, -0.2) is 36.6 Å². The summed E-state index contributed by atoms with van der Waals surface area (Å²) in [7, 11) is 3.94. The molecule has 3 rings (SSSR count). The van der Waals surface area contributed by atoms with Crippen LogP contribution in [0.15, 0.2) is 63.4 Å². The maximum absolute atomic E-state index is 13.1. The molecule has 1 aromatic heterocycles. The quantitative estimate of drug-likeness (QED) is 0.357. The summed E-state index contributed by atoms with van der Waals surface area (Å²) < 4.78 is 8.02. The van der Waals surface area contributed by atoms with Gasteiger partial charge in [0.1, 0.15) is 18.2 Å². The molecule has 0 aliphatic heterocycles. The molecule has 6 nitrogen and oxygen atoms in total. The van der Waals surface area contributed by atoms with Crippen LogP contribution >= 0.6 is 15.9 Å². The van der Waals surface area contributed by atoms with Crippen molar-refractivity contribution in [2.24, 2.45) is 5.10 Å². The molecular formula is C23H25BrN4O2. The van der Waals surface area contributed by atoms with Crippen molar-refractivity contribution in [2.45, 2.75) is 19.8 Å². The van der Waals surface area contributed by atoms with Crippen molar-refractivity contribution in [3.63, 3.8) is 0 Å². The van der Waals surface area contributed by atoms with Crippen LogP contribution in [0.3, 0.4) is 0 Å². The summed E-state index contributed by atoms with van der Waals surface area (Å²) in [5.74, 6) is 1.30. The van der Waals surface area contributed by atoms with Gasteiger partial charge in [-0.3, -0.25) is 4.79 Å². The molecule has 7 heteroatoms. The molecule has 0 bridgehead atoms. The predicted octanol–water partition coefficient (Wildman–Crippen LogP) is 4.62. The number of hydrogen-bond acceptors (Lipinski definition) is 5. The van der Waals surface area contributed by atoms with Crippen LogP contribution < -0.4 is 15.2 Å². The molecule has 3 aromatic rings. The van der Waals surface area contributed by atoms with Crippen LogP contribution in [0.2, 0.25) is 0 Å². The Hall–Kier alpha value is -2.93. The lowest BCUT2D eigenvalue weighted by molar-refractivity contribution is 0.363. The first-order valence-electron chi connectivity index (χ1n) is 9.75. The number of aryl methyl sites for hydroxylation is 1. The topological polar surface area (TPSA) is 59.7 Å². The molecule has 0 N–H and O–H groups in total. The van der Waals surface area contributed by atoms with E-state index in [1.807, 2.05) is 56.3 Å². The van der Waals surface area contributed by atoms with Crippen LogP contribution in [0.4, 0.5) is 5.69 Å². The van der Waals surface area contributed by atoms with Gasteiger partial charge in [-0.1, -0.05) is 35.5 Å². The molecule has 30 heavy (non-hydrogen) atoms. The van der Waals surface area contributed by atoms with Gasteiger partial charge < -0.3 is 9.64 Å². The van der Waals surface area contributed by atoms with E-state index in [4.69, 9.17) is 4.74 Å². The van der Waals surface area contributed by atoms with Gasteiger partial charge in [0, 0.05) is 42.3 Å². The lowest BCUT2D eigenvalue weighted by atomic mass is 10.2. The van der Waals surface area contributed by atoms with Crippen molar-refractivity contribution in [1.29, 1.82) is 0 Å². The van der Waals surface area contributed by atoms with E-state index in [9.17, 15) is 4.79 Å². The molecule has 1 heterocycles. The van der Waals surface area contributed by atoms with Crippen molar-refractivity contribution in [2.75, 3.05) is 25.6 Å². The van der Waals surface area contributed by atoms with Crippen LogP contribution in [0.1, 0.15) is 24.7 Å². The zero-order valence-corrected chi connectivity index (χ0v) is 19.0. The van der Waals surface area contributed by atoms with Crippen LogP contribution in [-0.2, 0) is 6.42 Å². The Labute approximate surface area is 184 Å². The minimum Gasteiger partial charge on any atom is -0.489 e. The number of benzene rings is 2. The van der Waals surface area contributed by atoms with Crippen LogP contribution in [0, 0.1) is 0 Å². The van der Waals surface area contributed by atoms with Crippen molar-refractivity contribution < 1.29 is 4.74 Å². The highest BCUT2D eigenvalue weighted by molar-refractivity contribution is 9.10. The Kier molecular flexibility index (Phi) is 7.05. The maximum atomic E-state index is 13.1. The smallest absolute Gasteiger partial charge is 0.282 e. The molecule has 0 atom stereocenters. The number of fused-ring (bicyclic) bond motifs is 1. The third kappa shape index (κ3) is 4.79. The average molecular weight is 469 g/mol. The lowest BCUT2D eigenvalue weighted by Gasteiger charge is -2.15. The number of nitrogens with zero attached hydrogens (tertiary/aromatic N) is 4. The Balaban J connectivity index is 2.10. The molecule has 0 radical (unpaired) electrons. The summed E-state index contributed by atoms with van der Waals surface area (Å²) in [6.45, 7) is 6.14. The predicted molar refractivity (Wildman–Crippen MR) is 127 cm³/mol. The van der Waals surface area contributed by atoms with E-state index in [1.165, 1.54) is 4.68 Å². The van der Waals surface area contributed by atoms with Crippen LogP contribution in [0.25, 0.3) is 10.9 Å². The normalized spacial score (nSPS) is 11.2. The number of halogens is 1. The van der Waals surface area contributed by atoms with Gasteiger partial charge in [0.25, 0.3) is 5.56 Å². The highest BCUT2D eigenvalue weighted by atomic mass is 79.9. The number of aromatic nitrogens is 2. The Morgan fingerprint density at radius 3 is 2.77 bits per heavy atom. The van der Waals surface area contributed by atoms with Crippen molar-refractivity contribution in [3.05, 3.63) is 75.3 Å². The van der Waals surface area contributed by atoms with E-state index in [-0.39, 0.29) is 5.56 Å². The van der Waals surface area contributed by atoms with E-state index < -0.39 is 0 Å². The maximum Gasteiger partial charge on any atom is 0.282 e. The summed E-state index contributed by atoms with van der Waals surface area (Å²) >= 11 is 3.43. The van der Waals surface area contributed by atoms with E-state index >= 15 is 0 Å². The third-order valence-corrected chi connectivity index (χ3v) is 5.02. The van der Waals surface area contributed by atoms with Gasteiger partial charge >= 0.3 is 0 Å². The molecule has 2 aromatic carbocycles. The minimum atomic E-state index is -0.195. The van der Waals surface area contributed by atoms with E-state index in [0.717, 1.165) is 22.1 Å². The summed E-state index contributed by atoms with van der Waals surface area (Å²) in [4.78, 5) is 19.8. The summed E-state index contributed by atoms with van der Waals surface area (Å²) in [6, 6.07) is 11.3. The SMILES string of the molecule is C=CCOc1cc(N(C)C)ccc1C=Nn1c(CCC)nc2ccc(Br)cc2c1=O. The van der Waals surface area contributed by atoms with Crippen LogP contribution in [0.5, 0.6) is 5.75 Å². The van der Waals surface area contributed by atoms with Gasteiger partial charge in [-0.15, -0.1) is 0 Å². The molecule has 0 saturated heterocycles. The standard InChI is InChI=1S/C23H25BrN4O2/c1-5-7-22-26-20-11-9-17(24)13-19(20)23(29)28(22)25-15-16-8-10-18(27(3)4)14-21(16)30-12-6-2/h6,8-11,13-15H,2,5,7,12H2,1,3-4H3. The fraction of sp³-hybridized carbons (Fsp3) is 0.261.